The molecule has 27 heavy (non-hydrogen) atoms. The first-order valence-corrected chi connectivity index (χ1v) is 9.73. The minimum atomic E-state index is -4.94. The number of aromatic nitrogens is 4. The molecule has 6 N–H and O–H groups in total. The van der Waals surface area contributed by atoms with Crippen LogP contribution in [0.5, 0.6) is 0 Å². The number of rotatable bonds is 6. The zero-order valence-electron chi connectivity index (χ0n) is 13.1. The minimum Gasteiger partial charge on any atom is -0.566 e. The van der Waals surface area contributed by atoms with Crippen LogP contribution in [-0.4, -0.2) is 59.5 Å². The molecule has 3 rings (SSSR count). The molecular formula is C10H13N5O10P2. The summed E-state index contributed by atoms with van der Waals surface area (Å²) in [6, 6.07) is 0. The van der Waals surface area contributed by atoms with Crippen molar-refractivity contribution >= 4 is 33.2 Å². The van der Waals surface area contributed by atoms with Crippen LogP contribution in [0.15, 0.2) is 11.1 Å². The summed E-state index contributed by atoms with van der Waals surface area (Å²) in [6.45, 7) is -0.783. The smallest absolute Gasteiger partial charge is 0.515 e. The second kappa shape index (κ2) is 7.31. The Morgan fingerprint density at radius 3 is 2.85 bits per heavy atom. The average molecular weight is 425 g/mol. The summed E-state index contributed by atoms with van der Waals surface area (Å²) >= 11 is 0. The topological polar surface area (TPSA) is 235 Å². The monoisotopic (exact) mass is 425 g/mol. The fourth-order valence-electron chi connectivity index (χ4n) is 2.50. The zero-order valence-corrected chi connectivity index (χ0v) is 14.9. The van der Waals surface area contributed by atoms with E-state index in [9.17, 15) is 33.9 Å². The number of aromatic amines is 1. The Balaban J connectivity index is 1.80. The molecule has 0 spiro atoms. The van der Waals surface area contributed by atoms with E-state index < -0.39 is 52.8 Å². The molecule has 1 aliphatic rings. The molecule has 2 aromatic heterocycles. The quantitative estimate of drug-likeness (QED) is 0.301. The van der Waals surface area contributed by atoms with Crippen molar-refractivity contribution < 1.29 is 42.7 Å². The standard InChI is InChI=1S/C10H13N5O10P2/c11-10-13-7-4(8(18)14-10)12-2-15(7)9-6(17)5(16)3(24-9)1-23-27(21,22)25-26(19)20/h2-3,5-6,9,16-17H,1H2,(H,21,22)(H3,11,13,14,18)/t3?,5-,6-,9?/m0/s1. The fourth-order valence-corrected chi connectivity index (χ4v) is 3.70. The normalized spacial score (nSPS) is 28.4. The summed E-state index contributed by atoms with van der Waals surface area (Å²) in [4.78, 5) is 41.3. The summed E-state index contributed by atoms with van der Waals surface area (Å²) in [5.74, 6) is -0.215. The number of nitrogens with zero attached hydrogens (tertiary/aromatic N) is 3. The maximum atomic E-state index is 11.8. The number of H-pyrrole nitrogens is 1. The second-order valence-electron chi connectivity index (χ2n) is 5.39. The molecule has 0 aliphatic carbocycles. The Labute approximate surface area is 149 Å². The Morgan fingerprint density at radius 2 is 2.19 bits per heavy atom. The molecule has 4 unspecified atom stereocenters. The zero-order chi connectivity index (χ0) is 19.9. The molecule has 1 aliphatic heterocycles. The maximum absolute atomic E-state index is 11.8. The van der Waals surface area contributed by atoms with Gasteiger partial charge in [0.2, 0.25) is 5.95 Å². The number of phosphoric ester groups is 1. The van der Waals surface area contributed by atoms with E-state index in [0.29, 0.717) is 0 Å². The van der Waals surface area contributed by atoms with Gasteiger partial charge in [-0.25, -0.2) is 9.55 Å². The van der Waals surface area contributed by atoms with Gasteiger partial charge in [0.15, 0.2) is 17.4 Å². The van der Waals surface area contributed by atoms with Gasteiger partial charge in [-0.1, -0.05) is 0 Å². The number of nitrogens with one attached hydrogen (secondary N) is 1. The Bertz CT molecular complexity index is 977. The number of phosphoric acid groups is 1. The van der Waals surface area contributed by atoms with Crippen LogP contribution in [0.2, 0.25) is 0 Å². The molecule has 0 radical (unpaired) electrons. The molecule has 0 amide bonds. The van der Waals surface area contributed by atoms with Crippen molar-refractivity contribution in [2.45, 2.75) is 24.5 Å². The van der Waals surface area contributed by atoms with E-state index in [-0.39, 0.29) is 17.1 Å². The van der Waals surface area contributed by atoms with Gasteiger partial charge in [0, 0.05) is 0 Å². The third-order valence-electron chi connectivity index (χ3n) is 3.63. The molecule has 1 fully saturated rings. The van der Waals surface area contributed by atoms with E-state index in [0.717, 1.165) is 10.9 Å². The summed E-state index contributed by atoms with van der Waals surface area (Å²) in [5.41, 5.74) is 4.71. The third-order valence-corrected chi connectivity index (χ3v) is 5.47. The summed E-state index contributed by atoms with van der Waals surface area (Å²) in [6.07, 6.45) is -4.66. The lowest BCUT2D eigenvalue weighted by Crippen LogP contribution is -2.33. The SMILES string of the molecule is Nc1nc2c(ncn2C2OC(COP(=O)(O)O[P+](=O)[O-])[C@H](O)[C@@H]2O)c(=O)[nH]1. The van der Waals surface area contributed by atoms with Crippen LogP contribution in [-0.2, 0) is 22.7 Å². The number of aliphatic hydroxyl groups excluding tert-OH is 2. The number of nitrogens with two attached hydrogens (primary N) is 1. The molecule has 0 saturated carbocycles. The first kappa shape index (κ1) is 19.9. The van der Waals surface area contributed by atoms with Crippen LogP contribution >= 0.6 is 16.1 Å². The molecule has 1 saturated heterocycles. The molecule has 0 aromatic carbocycles. The number of hydrogen-bond acceptors (Lipinski definition) is 12. The van der Waals surface area contributed by atoms with Crippen molar-refractivity contribution in [3.05, 3.63) is 16.7 Å². The van der Waals surface area contributed by atoms with Crippen molar-refractivity contribution in [1.82, 2.24) is 19.5 Å². The highest BCUT2D eigenvalue weighted by molar-refractivity contribution is 7.55. The fraction of sp³-hybridized carbons (Fsp3) is 0.500. The Morgan fingerprint density at radius 1 is 1.48 bits per heavy atom. The van der Waals surface area contributed by atoms with Gasteiger partial charge < -0.3 is 30.5 Å². The molecule has 6 atom stereocenters. The summed E-state index contributed by atoms with van der Waals surface area (Å²) in [7, 11) is -8.59. The number of fused-ring (bicyclic) bond motifs is 1. The van der Waals surface area contributed by atoms with Crippen LogP contribution in [0.3, 0.4) is 0 Å². The van der Waals surface area contributed by atoms with E-state index in [1.807, 2.05) is 0 Å². The van der Waals surface area contributed by atoms with Gasteiger partial charge in [-0.05, 0) is 8.88 Å². The second-order valence-corrected chi connectivity index (χ2v) is 7.69. The van der Waals surface area contributed by atoms with Crippen LogP contribution < -0.4 is 16.2 Å². The number of ether oxygens (including phenoxy) is 1. The first-order chi connectivity index (χ1) is 12.6. The minimum absolute atomic E-state index is 0.0337. The predicted molar refractivity (Wildman–Crippen MR) is 83.0 cm³/mol. The largest absolute Gasteiger partial charge is 0.566 e. The molecule has 17 heteroatoms. The van der Waals surface area contributed by atoms with Crippen LogP contribution in [0.4, 0.5) is 5.95 Å². The average Bonchev–Trinajstić information content (AvgIpc) is 3.07. The third kappa shape index (κ3) is 4.06. The Hall–Kier alpha value is -1.80. The van der Waals surface area contributed by atoms with E-state index in [4.69, 9.17) is 10.5 Å². The molecular weight excluding hydrogens is 412 g/mol. The molecule has 3 heterocycles. The van der Waals surface area contributed by atoms with Gasteiger partial charge in [0.05, 0.1) is 12.9 Å². The van der Waals surface area contributed by atoms with E-state index in [1.165, 1.54) is 0 Å². The van der Waals surface area contributed by atoms with E-state index in [2.05, 4.69) is 23.8 Å². The van der Waals surface area contributed by atoms with Crippen molar-refractivity contribution in [2.24, 2.45) is 0 Å². The summed E-state index contributed by atoms with van der Waals surface area (Å²) in [5, 5.41) is 20.2. The molecule has 148 valence electrons. The van der Waals surface area contributed by atoms with Gasteiger partial charge in [-0.2, -0.15) is 4.98 Å². The molecule has 15 nitrogen and oxygen atoms in total. The van der Waals surface area contributed by atoms with Crippen LogP contribution in [0.25, 0.3) is 11.2 Å². The van der Waals surface area contributed by atoms with Crippen molar-refractivity contribution in [3.8, 4) is 0 Å². The van der Waals surface area contributed by atoms with E-state index >= 15 is 0 Å². The van der Waals surface area contributed by atoms with Gasteiger partial charge >= 0.3 is 16.1 Å². The highest BCUT2D eigenvalue weighted by Gasteiger charge is 2.46. The highest BCUT2D eigenvalue weighted by Crippen LogP contribution is 2.50. The van der Waals surface area contributed by atoms with Crippen LogP contribution in [0.1, 0.15) is 6.23 Å². The van der Waals surface area contributed by atoms with Gasteiger partial charge in [-0.3, -0.25) is 18.9 Å². The predicted octanol–water partition coefficient (Wildman–Crippen LogP) is -2.53. The number of aliphatic hydroxyl groups is 2. The maximum Gasteiger partial charge on any atom is 0.515 e. The lowest BCUT2D eigenvalue weighted by atomic mass is 10.1. The van der Waals surface area contributed by atoms with Gasteiger partial charge in [-0.15, -0.1) is 0 Å². The van der Waals surface area contributed by atoms with Crippen molar-refractivity contribution in [3.63, 3.8) is 0 Å². The van der Waals surface area contributed by atoms with Crippen LogP contribution in [0, 0.1) is 0 Å². The van der Waals surface area contributed by atoms with Gasteiger partial charge in [0.1, 0.15) is 18.3 Å². The Kier molecular flexibility index (Phi) is 5.40. The number of anilines is 1. The number of imidazole rings is 1. The first-order valence-electron chi connectivity index (χ1n) is 7.14. The van der Waals surface area contributed by atoms with Crippen molar-refractivity contribution in [2.75, 3.05) is 12.3 Å². The lowest BCUT2D eigenvalue weighted by molar-refractivity contribution is -0.179. The number of hydrogen-bond donors (Lipinski definition) is 5. The number of nitrogen functional groups attached to an aromatic ring is 1. The van der Waals surface area contributed by atoms with E-state index in [1.54, 1.807) is 0 Å². The van der Waals surface area contributed by atoms with Crippen molar-refractivity contribution in [1.29, 1.82) is 0 Å². The molecule has 2 aromatic rings. The van der Waals surface area contributed by atoms with Gasteiger partial charge in [0.25, 0.3) is 5.56 Å². The summed E-state index contributed by atoms with van der Waals surface area (Å²) < 4.78 is 36.4. The highest BCUT2D eigenvalue weighted by atomic mass is 31.2. The lowest BCUT2D eigenvalue weighted by Gasteiger charge is -2.16. The molecule has 0 bridgehead atoms.